The Balaban J connectivity index is 1.29. The Kier molecular flexibility index (Phi) is 5.88. The lowest BCUT2D eigenvalue weighted by Gasteiger charge is -2.52. The van der Waals surface area contributed by atoms with Crippen LogP contribution < -0.4 is 5.32 Å². The molecule has 1 aromatic carbocycles. The van der Waals surface area contributed by atoms with Gasteiger partial charge in [0.25, 0.3) is 0 Å². The van der Waals surface area contributed by atoms with Gasteiger partial charge in [0.15, 0.2) is 0 Å². The molecule has 3 heterocycles. The van der Waals surface area contributed by atoms with Gasteiger partial charge in [-0.1, -0.05) is 36.4 Å². The monoisotopic (exact) mass is 380 g/mol. The molecule has 2 unspecified atom stereocenters. The van der Waals surface area contributed by atoms with Crippen LogP contribution >= 0.6 is 0 Å². The molecule has 0 radical (unpaired) electrons. The van der Waals surface area contributed by atoms with E-state index in [-0.39, 0.29) is 18.2 Å². The minimum absolute atomic E-state index is 0.0319. The van der Waals surface area contributed by atoms with Crippen molar-refractivity contribution in [3.63, 3.8) is 0 Å². The fourth-order valence-electron chi connectivity index (χ4n) is 4.32. The number of urea groups is 1. The fraction of sp³-hybridized carbons (Fsp3) is 0.455. The summed E-state index contributed by atoms with van der Waals surface area (Å²) < 4.78 is 5.66. The first-order valence-electron chi connectivity index (χ1n) is 10.0. The Morgan fingerprint density at radius 3 is 2.64 bits per heavy atom. The van der Waals surface area contributed by atoms with Crippen molar-refractivity contribution in [1.29, 1.82) is 0 Å². The number of likely N-dealkylation sites (tertiary alicyclic amines) is 2. The van der Waals surface area contributed by atoms with Crippen LogP contribution in [0.4, 0.5) is 4.79 Å². The van der Waals surface area contributed by atoms with E-state index in [2.05, 4.69) is 21.3 Å². The van der Waals surface area contributed by atoms with Crippen LogP contribution in [-0.2, 0) is 11.3 Å². The molecule has 148 valence electrons. The lowest BCUT2D eigenvalue weighted by molar-refractivity contribution is -0.115. The van der Waals surface area contributed by atoms with Crippen LogP contribution in [0.15, 0.2) is 54.9 Å². The summed E-state index contributed by atoms with van der Waals surface area (Å²) in [6.07, 6.45) is 5.95. The largest absolute Gasteiger partial charge is 0.378 e. The number of hydrogen-bond donors (Lipinski definition) is 1. The van der Waals surface area contributed by atoms with E-state index in [0.29, 0.717) is 12.6 Å². The molecule has 1 N–H and O–H groups in total. The van der Waals surface area contributed by atoms with Crippen molar-refractivity contribution < 1.29 is 9.53 Å². The molecule has 2 atom stereocenters. The highest BCUT2D eigenvalue weighted by molar-refractivity contribution is 5.74. The summed E-state index contributed by atoms with van der Waals surface area (Å²) in [5.74, 6) is 0. The highest BCUT2D eigenvalue weighted by Gasteiger charge is 2.44. The number of ether oxygens (including phenoxy) is 1. The number of pyridine rings is 1. The van der Waals surface area contributed by atoms with Crippen LogP contribution in [0.5, 0.6) is 0 Å². The van der Waals surface area contributed by atoms with Crippen molar-refractivity contribution in [3.05, 3.63) is 66.0 Å². The van der Waals surface area contributed by atoms with Gasteiger partial charge in [-0.2, -0.15) is 0 Å². The smallest absolute Gasteiger partial charge is 0.317 e. The SMILES string of the molecule is COC1CN(C2CCN(C(=O)NCc3ccccc3)CC2)C1c1cccnc1. The maximum absolute atomic E-state index is 12.5. The molecule has 2 amide bonds. The van der Waals surface area contributed by atoms with Crippen molar-refractivity contribution in [1.82, 2.24) is 20.1 Å². The van der Waals surface area contributed by atoms with Crippen LogP contribution in [0.1, 0.15) is 30.0 Å². The van der Waals surface area contributed by atoms with Crippen molar-refractivity contribution in [3.8, 4) is 0 Å². The molecule has 2 saturated heterocycles. The molecule has 2 aliphatic heterocycles. The Labute approximate surface area is 166 Å². The standard InChI is InChI=1S/C22H28N4O2/c1-28-20-16-26(21(20)18-8-5-11-23-15-18)19-9-12-25(13-10-19)22(27)24-14-17-6-3-2-4-7-17/h2-8,11,15,19-21H,9-10,12-14,16H2,1H3,(H,24,27). The zero-order chi connectivity index (χ0) is 19.3. The maximum Gasteiger partial charge on any atom is 0.317 e. The van der Waals surface area contributed by atoms with Crippen LogP contribution in [0.3, 0.4) is 0 Å². The number of methoxy groups -OCH3 is 1. The zero-order valence-electron chi connectivity index (χ0n) is 16.3. The highest BCUT2D eigenvalue weighted by atomic mass is 16.5. The van der Waals surface area contributed by atoms with Crippen LogP contribution in [0.2, 0.25) is 0 Å². The van der Waals surface area contributed by atoms with Crippen molar-refractivity contribution in [2.24, 2.45) is 0 Å². The number of carbonyl (C=O) groups excluding carboxylic acids is 1. The van der Waals surface area contributed by atoms with Gasteiger partial charge in [-0.15, -0.1) is 0 Å². The zero-order valence-corrected chi connectivity index (χ0v) is 16.3. The van der Waals surface area contributed by atoms with E-state index in [9.17, 15) is 4.79 Å². The van der Waals surface area contributed by atoms with E-state index in [1.54, 1.807) is 13.3 Å². The minimum atomic E-state index is 0.0319. The van der Waals surface area contributed by atoms with E-state index in [0.717, 1.165) is 38.0 Å². The molecule has 0 saturated carbocycles. The summed E-state index contributed by atoms with van der Waals surface area (Å²) in [7, 11) is 1.78. The first kappa shape index (κ1) is 18.9. The average Bonchev–Trinajstić information content (AvgIpc) is 2.74. The summed E-state index contributed by atoms with van der Waals surface area (Å²) in [6, 6.07) is 14.9. The molecule has 2 fully saturated rings. The lowest BCUT2D eigenvalue weighted by Crippen LogP contribution is -2.60. The Morgan fingerprint density at radius 1 is 1.18 bits per heavy atom. The van der Waals surface area contributed by atoms with E-state index < -0.39 is 0 Å². The third kappa shape index (κ3) is 4.03. The van der Waals surface area contributed by atoms with E-state index in [1.807, 2.05) is 47.5 Å². The quantitative estimate of drug-likeness (QED) is 0.867. The summed E-state index contributed by atoms with van der Waals surface area (Å²) in [5.41, 5.74) is 2.33. The molecular formula is C22H28N4O2. The third-order valence-corrected chi connectivity index (χ3v) is 5.94. The topological polar surface area (TPSA) is 57.7 Å². The van der Waals surface area contributed by atoms with Crippen LogP contribution in [0, 0.1) is 0 Å². The number of aromatic nitrogens is 1. The summed E-state index contributed by atoms with van der Waals surface area (Å²) >= 11 is 0. The fourth-order valence-corrected chi connectivity index (χ4v) is 4.32. The van der Waals surface area contributed by atoms with E-state index >= 15 is 0 Å². The second-order valence-electron chi connectivity index (χ2n) is 7.56. The first-order valence-corrected chi connectivity index (χ1v) is 10.0. The van der Waals surface area contributed by atoms with Gasteiger partial charge in [0.05, 0.1) is 12.1 Å². The van der Waals surface area contributed by atoms with Gasteiger partial charge in [0.2, 0.25) is 0 Å². The van der Waals surface area contributed by atoms with E-state index in [4.69, 9.17) is 4.74 Å². The number of amides is 2. The number of carbonyl (C=O) groups is 1. The molecular weight excluding hydrogens is 352 g/mol. The highest BCUT2D eigenvalue weighted by Crippen LogP contribution is 2.39. The number of hydrogen-bond acceptors (Lipinski definition) is 4. The second kappa shape index (κ2) is 8.71. The van der Waals surface area contributed by atoms with Crippen molar-refractivity contribution in [2.45, 2.75) is 37.6 Å². The molecule has 0 aliphatic carbocycles. The molecule has 0 spiro atoms. The third-order valence-electron chi connectivity index (χ3n) is 5.94. The molecule has 0 bridgehead atoms. The first-order chi connectivity index (χ1) is 13.8. The number of rotatable bonds is 5. The van der Waals surface area contributed by atoms with Gasteiger partial charge >= 0.3 is 6.03 Å². The molecule has 28 heavy (non-hydrogen) atoms. The summed E-state index contributed by atoms with van der Waals surface area (Å²) in [4.78, 5) is 21.2. The Hall–Kier alpha value is -2.44. The molecule has 2 aliphatic rings. The lowest BCUT2D eigenvalue weighted by atomic mass is 9.88. The van der Waals surface area contributed by atoms with Crippen molar-refractivity contribution >= 4 is 6.03 Å². The van der Waals surface area contributed by atoms with E-state index in [1.165, 1.54) is 5.56 Å². The average molecular weight is 380 g/mol. The normalized spacial score (nSPS) is 23.2. The van der Waals surface area contributed by atoms with Gasteiger partial charge in [0.1, 0.15) is 0 Å². The van der Waals surface area contributed by atoms with Gasteiger partial charge in [0, 0.05) is 51.7 Å². The maximum atomic E-state index is 12.5. The molecule has 6 heteroatoms. The summed E-state index contributed by atoms with van der Waals surface area (Å²) in [6.45, 7) is 3.10. The molecule has 2 aromatic rings. The Morgan fingerprint density at radius 2 is 1.96 bits per heavy atom. The number of nitrogens with zero attached hydrogens (tertiary/aromatic N) is 3. The van der Waals surface area contributed by atoms with Gasteiger partial charge in [-0.05, 0) is 30.0 Å². The number of nitrogens with one attached hydrogen (secondary N) is 1. The van der Waals surface area contributed by atoms with Gasteiger partial charge < -0.3 is 15.0 Å². The second-order valence-corrected chi connectivity index (χ2v) is 7.56. The summed E-state index contributed by atoms with van der Waals surface area (Å²) in [5, 5.41) is 3.04. The Bertz CT molecular complexity index is 763. The molecule has 6 nitrogen and oxygen atoms in total. The van der Waals surface area contributed by atoms with Gasteiger partial charge in [-0.3, -0.25) is 9.88 Å². The van der Waals surface area contributed by atoms with Crippen LogP contribution in [-0.4, -0.2) is 59.7 Å². The predicted octanol–water partition coefficient (Wildman–Crippen LogP) is 2.83. The van der Waals surface area contributed by atoms with Crippen molar-refractivity contribution in [2.75, 3.05) is 26.7 Å². The van der Waals surface area contributed by atoms with Gasteiger partial charge in [-0.25, -0.2) is 4.79 Å². The number of benzene rings is 1. The predicted molar refractivity (Wildman–Crippen MR) is 108 cm³/mol. The van der Waals surface area contributed by atoms with Crippen LogP contribution in [0.25, 0.3) is 0 Å². The number of piperidine rings is 1. The molecule has 4 rings (SSSR count). The molecule has 1 aromatic heterocycles. The minimum Gasteiger partial charge on any atom is -0.378 e.